The Morgan fingerprint density at radius 3 is 2.67 bits per heavy atom. The molecule has 0 saturated carbocycles. The predicted molar refractivity (Wildman–Crippen MR) is 64.2 cm³/mol. The molecule has 1 N–H and O–H groups in total. The Morgan fingerprint density at radius 2 is 2.13 bits per heavy atom. The molecule has 2 heterocycles. The van der Waals surface area contributed by atoms with Crippen molar-refractivity contribution in [1.82, 2.24) is 15.2 Å². The first kappa shape index (κ1) is 11.0. The monoisotopic (exact) mass is 225 g/mol. The summed E-state index contributed by atoms with van der Waals surface area (Å²) in [5.41, 5.74) is 1.22. The Morgan fingerprint density at radius 1 is 1.47 bits per heavy atom. The van der Waals surface area contributed by atoms with Crippen LogP contribution in [0.1, 0.15) is 24.5 Å². The fourth-order valence-electron chi connectivity index (χ4n) is 2.15. The second kappa shape index (κ2) is 4.60. The Hall–Kier alpha value is -0.450. The molecular formula is C11H19N3S. The SMILES string of the molecule is Cc1nc(CN2C(C)CNCC2C)cs1. The van der Waals surface area contributed by atoms with E-state index in [0.717, 1.165) is 19.6 Å². The number of aromatic nitrogens is 1. The Balaban J connectivity index is 2.03. The highest BCUT2D eigenvalue weighted by Gasteiger charge is 2.24. The molecule has 0 aliphatic carbocycles. The molecule has 1 aliphatic rings. The van der Waals surface area contributed by atoms with Crippen molar-refractivity contribution in [3.63, 3.8) is 0 Å². The maximum absolute atomic E-state index is 4.53. The third-order valence-electron chi connectivity index (χ3n) is 3.02. The zero-order valence-corrected chi connectivity index (χ0v) is 10.5. The molecule has 0 bridgehead atoms. The third-order valence-corrected chi connectivity index (χ3v) is 3.85. The van der Waals surface area contributed by atoms with Crippen LogP contribution in [0.3, 0.4) is 0 Å². The molecule has 1 aliphatic heterocycles. The Kier molecular flexibility index (Phi) is 3.38. The summed E-state index contributed by atoms with van der Waals surface area (Å²) in [4.78, 5) is 7.06. The number of nitrogens with zero attached hydrogens (tertiary/aromatic N) is 2. The van der Waals surface area contributed by atoms with Crippen molar-refractivity contribution in [1.29, 1.82) is 0 Å². The third kappa shape index (κ3) is 2.56. The molecule has 1 fully saturated rings. The van der Waals surface area contributed by atoms with Crippen LogP contribution in [0.2, 0.25) is 0 Å². The molecule has 2 rings (SSSR count). The lowest BCUT2D eigenvalue weighted by Gasteiger charge is -2.38. The molecular weight excluding hydrogens is 206 g/mol. The summed E-state index contributed by atoms with van der Waals surface area (Å²) in [7, 11) is 0. The van der Waals surface area contributed by atoms with Gasteiger partial charge < -0.3 is 5.32 Å². The minimum atomic E-state index is 0.607. The average Bonchev–Trinajstić information content (AvgIpc) is 2.58. The molecule has 4 heteroatoms. The summed E-state index contributed by atoms with van der Waals surface area (Å²) >= 11 is 1.74. The van der Waals surface area contributed by atoms with Crippen molar-refractivity contribution in [3.8, 4) is 0 Å². The first-order valence-electron chi connectivity index (χ1n) is 5.54. The lowest BCUT2D eigenvalue weighted by molar-refractivity contribution is 0.107. The highest BCUT2D eigenvalue weighted by Crippen LogP contribution is 2.16. The van der Waals surface area contributed by atoms with Crippen LogP contribution in [0.4, 0.5) is 0 Å². The molecule has 0 spiro atoms. The van der Waals surface area contributed by atoms with Crippen LogP contribution in [-0.2, 0) is 6.54 Å². The van der Waals surface area contributed by atoms with E-state index < -0.39 is 0 Å². The van der Waals surface area contributed by atoms with E-state index in [2.05, 4.69) is 41.4 Å². The zero-order chi connectivity index (χ0) is 10.8. The van der Waals surface area contributed by atoms with Gasteiger partial charge in [-0.1, -0.05) is 0 Å². The van der Waals surface area contributed by atoms with Gasteiger partial charge in [0.15, 0.2) is 0 Å². The fraction of sp³-hybridized carbons (Fsp3) is 0.727. The molecule has 2 unspecified atom stereocenters. The summed E-state index contributed by atoms with van der Waals surface area (Å²) in [6.45, 7) is 9.80. The van der Waals surface area contributed by atoms with Crippen molar-refractivity contribution in [2.24, 2.45) is 0 Å². The molecule has 2 atom stereocenters. The highest BCUT2D eigenvalue weighted by atomic mass is 32.1. The number of rotatable bonds is 2. The summed E-state index contributed by atoms with van der Waals surface area (Å²) in [5, 5.41) is 6.79. The quantitative estimate of drug-likeness (QED) is 0.829. The number of aryl methyl sites for hydroxylation is 1. The van der Waals surface area contributed by atoms with Crippen molar-refractivity contribution >= 4 is 11.3 Å². The van der Waals surface area contributed by atoms with Crippen LogP contribution < -0.4 is 5.32 Å². The van der Waals surface area contributed by atoms with Gasteiger partial charge >= 0.3 is 0 Å². The van der Waals surface area contributed by atoms with Gasteiger partial charge in [0.1, 0.15) is 0 Å². The summed E-state index contributed by atoms with van der Waals surface area (Å²) in [5.74, 6) is 0. The van der Waals surface area contributed by atoms with E-state index in [1.807, 2.05) is 0 Å². The van der Waals surface area contributed by atoms with E-state index in [1.165, 1.54) is 10.7 Å². The molecule has 3 nitrogen and oxygen atoms in total. The molecule has 0 aromatic carbocycles. The molecule has 84 valence electrons. The van der Waals surface area contributed by atoms with E-state index in [1.54, 1.807) is 11.3 Å². The van der Waals surface area contributed by atoms with Gasteiger partial charge in [0.05, 0.1) is 10.7 Å². The topological polar surface area (TPSA) is 28.2 Å². The zero-order valence-electron chi connectivity index (χ0n) is 9.66. The molecule has 0 amide bonds. The van der Waals surface area contributed by atoms with Gasteiger partial charge in [-0.05, 0) is 20.8 Å². The largest absolute Gasteiger partial charge is 0.314 e. The lowest BCUT2D eigenvalue weighted by Crippen LogP contribution is -2.54. The predicted octanol–water partition coefficient (Wildman–Crippen LogP) is 1.63. The van der Waals surface area contributed by atoms with Crippen molar-refractivity contribution in [2.75, 3.05) is 13.1 Å². The van der Waals surface area contributed by atoms with Crippen LogP contribution in [0.5, 0.6) is 0 Å². The van der Waals surface area contributed by atoms with Crippen molar-refractivity contribution in [3.05, 3.63) is 16.1 Å². The van der Waals surface area contributed by atoms with Gasteiger partial charge in [0.2, 0.25) is 0 Å². The number of thiazole rings is 1. The molecule has 1 aromatic heterocycles. The van der Waals surface area contributed by atoms with E-state index >= 15 is 0 Å². The van der Waals surface area contributed by atoms with E-state index in [4.69, 9.17) is 0 Å². The van der Waals surface area contributed by atoms with Gasteiger partial charge in [0.25, 0.3) is 0 Å². The molecule has 1 aromatic rings. The Labute approximate surface area is 95.5 Å². The second-order valence-electron chi connectivity index (χ2n) is 4.39. The minimum absolute atomic E-state index is 0.607. The molecule has 15 heavy (non-hydrogen) atoms. The number of hydrogen-bond donors (Lipinski definition) is 1. The lowest BCUT2D eigenvalue weighted by atomic mass is 10.1. The van der Waals surface area contributed by atoms with Gasteiger partial charge in [-0.3, -0.25) is 4.90 Å². The molecule has 0 radical (unpaired) electrons. The smallest absolute Gasteiger partial charge is 0.0897 e. The van der Waals surface area contributed by atoms with Crippen LogP contribution in [-0.4, -0.2) is 35.1 Å². The van der Waals surface area contributed by atoms with E-state index in [9.17, 15) is 0 Å². The first-order valence-corrected chi connectivity index (χ1v) is 6.42. The summed E-state index contributed by atoms with van der Waals surface area (Å²) in [6, 6.07) is 1.21. The van der Waals surface area contributed by atoms with Crippen LogP contribution in [0.25, 0.3) is 0 Å². The van der Waals surface area contributed by atoms with Crippen molar-refractivity contribution in [2.45, 2.75) is 39.4 Å². The van der Waals surface area contributed by atoms with E-state index in [0.29, 0.717) is 12.1 Å². The maximum atomic E-state index is 4.53. The average molecular weight is 225 g/mol. The van der Waals surface area contributed by atoms with Gasteiger partial charge in [-0.2, -0.15) is 0 Å². The Bertz CT molecular complexity index is 313. The van der Waals surface area contributed by atoms with Gasteiger partial charge in [-0.25, -0.2) is 4.98 Å². The normalized spacial score (nSPS) is 28.2. The standard InChI is InChI=1S/C11H19N3S/c1-8-4-12-5-9(2)14(8)6-11-7-15-10(3)13-11/h7-9,12H,4-6H2,1-3H3. The van der Waals surface area contributed by atoms with E-state index in [-0.39, 0.29) is 0 Å². The van der Waals surface area contributed by atoms with Gasteiger partial charge in [0, 0.05) is 37.1 Å². The van der Waals surface area contributed by atoms with Gasteiger partial charge in [-0.15, -0.1) is 11.3 Å². The van der Waals surface area contributed by atoms with Crippen LogP contribution >= 0.6 is 11.3 Å². The number of hydrogen-bond acceptors (Lipinski definition) is 4. The first-order chi connectivity index (χ1) is 7.16. The van der Waals surface area contributed by atoms with Crippen molar-refractivity contribution < 1.29 is 0 Å². The van der Waals surface area contributed by atoms with Crippen LogP contribution in [0.15, 0.2) is 5.38 Å². The highest BCUT2D eigenvalue weighted by molar-refractivity contribution is 7.09. The summed E-state index contributed by atoms with van der Waals surface area (Å²) in [6.07, 6.45) is 0. The second-order valence-corrected chi connectivity index (χ2v) is 5.45. The molecule has 1 saturated heterocycles. The maximum Gasteiger partial charge on any atom is 0.0897 e. The van der Waals surface area contributed by atoms with Crippen LogP contribution in [0, 0.1) is 6.92 Å². The number of nitrogens with one attached hydrogen (secondary N) is 1. The number of piperazine rings is 1. The fourth-order valence-corrected chi connectivity index (χ4v) is 2.75. The summed E-state index contributed by atoms with van der Waals surface area (Å²) < 4.78 is 0. The minimum Gasteiger partial charge on any atom is -0.314 e.